The van der Waals surface area contributed by atoms with Crippen molar-refractivity contribution in [1.29, 1.82) is 0 Å². The van der Waals surface area contributed by atoms with Gasteiger partial charge in [0.25, 0.3) is 0 Å². The van der Waals surface area contributed by atoms with Crippen LogP contribution in [0.25, 0.3) is 0 Å². The number of amides is 1. The first-order chi connectivity index (χ1) is 12.1. The number of fused-ring (bicyclic) bond motifs is 1. The maximum atomic E-state index is 12.4. The Kier molecular flexibility index (Phi) is 5.33. The van der Waals surface area contributed by atoms with Crippen LogP contribution in [0.3, 0.4) is 0 Å². The molecule has 2 aromatic rings. The standard InChI is InChI=1S/C18H24N4O3/c1-12(17-21-20-16-8-5-9-22(16)17)19-18(23)13(2)25-11-14-6-4-7-15(10-14)24-3/h4,6-7,10,12-13H,5,8-9,11H2,1-3H3,(H,19,23)/t12-,13-/m1/s1. The first-order valence-corrected chi connectivity index (χ1v) is 8.55. The summed E-state index contributed by atoms with van der Waals surface area (Å²) in [7, 11) is 1.62. The number of carbonyl (C=O) groups excluding carboxylic acids is 1. The maximum Gasteiger partial charge on any atom is 0.249 e. The Hall–Kier alpha value is -2.41. The van der Waals surface area contributed by atoms with Gasteiger partial charge in [0.05, 0.1) is 19.8 Å². The minimum Gasteiger partial charge on any atom is -0.497 e. The molecule has 7 nitrogen and oxygen atoms in total. The van der Waals surface area contributed by atoms with Crippen molar-refractivity contribution in [3.63, 3.8) is 0 Å². The predicted octanol–water partition coefficient (Wildman–Crippen LogP) is 2.02. The lowest BCUT2D eigenvalue weighted by molar-refractivity contribution is -0.133. The zero-order valence-electron chi connectivity index (χ0n) is 14.9. The highest BCUT2D eigenvalue weighted by Crippen LogP contribution is 2.19. The molecule has 0 bridgehead atoms. The van der Waals surface area contributed by atoms with Gasteiger partial charge in [-0.15, -0.1) is 10.2 Å². The number of methoxy groups -OCH3 is 1. The predicted molar refractivity (Wildman–Crippen MR) is 92.1 cm³/mol. The molecule has 1 aliphatic rings. The Labute approximate surface area is 147 Å². The second-order valence-electron chi connectivity index (χ2n) is 6.26. The molecule has 1 amide bonds. The molecule has 1 N–H and O–H groups in total. The maximum absolute atomic E-state index is 12.4. The Bertz CT molecular complexity index is 744. The van der Waals surface area contributed by atoms with E-state index >= 15 is 0 Å². The topological polar surface area (TPSA) is 78.3 Å². The summed E-state index contributed by atoms with van der Waals surface area (Å²) in [6, 6.07) is 7.41. The molecular weight excluding hydrogens is 320 g/mol. The third-order valence-corrected chi connectivity index (χ3v) is 4.39. The van der Waals surface area contributed by atoms with Crippen molar-refractivity contribution in [2.45, 2.75) is 52.0 Å². The summed E-state index contributed by atoms with van der Waals surface area (Å²) in [5.41, 5.74) is 0.960. The van der Waals surface area contributed by atoms with E-state index in [4.69, 9.17) is 9.47 Å². The zero-order chi connectivity index (χ0) is 17.8. The van der Waals surface area contributed by atoms with E-state index in [1.165, 1.54) is 0 Å². The third kappa shape index (κ3) is 3.99. The molecule has 1 aromatic heterocycles. The molecule has 7 heteroatoms. The van der Waals surface area contributed by atoms with Crippen molar-refractivity contribution in [3.8, 4) is 5.75 Å². The molecule has 0 fully saturated rings. The summed E-state index contributed by atoms with van der Waals surface area (Å²) >= 11 is 0. The van der Waals surface area contributed by atoms with Crippen molar-refractivity contribution in [2.24, 2.45) is 0 Å². The van der Waals surface area contributed by atoms with Crippen molar-refractivity contribution in [1.82, 2.24) is 20.1 Å². The van der Waals surface area contributed by atoms with Gasteiger partial charge in [-0.3, -0.25) is 4.79 Å². The molecule has 0 radical (unpaired) electrons. The minimum atomic E-state index is -0.561. The second-order valence-corrected chi connectivity index (χ2v) is 6.26. The van der Waals surface area contributed by atoms with Gasteiger partial charge < -0.3 is 19.4 Å². The number of benzene rings is 1. The molecule has 0 aliphatic carbocycles. The van der Waals surface area contributed by atoms with Crippen LogP contribution in [0.1, 0.15) is 43.5 Å². The fourth-order valence-corrected chi connectivity index (χ4v) is 2.95. The van der Waals surface area contributed by atoms with Crippen LogP contribution >= 0.6 is 0 Å². The Balaban J connectivity index is 1.53. The molecule has 1 aromatic carbocycles. The van der Waals surface area contributed by atoms with Gasteiger partial charge in [-0.1, -0.05) is 12.1 Å². The summed E-state index contributed by atoms with van der Waals surface area (Å²) in [5.74, 6) is 2.41. The lowest BCUT2D eigenvalue weighted by atomic mass is 10.2. The highest BCUT2D eigenvalue weighted by Gasteiger charge is 2.24. The number of hydrogen-bond acceptors (Lipinski definition) is 5. The summed E-state index contributed by atoms with van der Waals surface area (Å²) in [4.78, 5) is 12.4. The van der Waals surface area contributed by atoms with Gasteiger partial charge in [-0.05, 0) is 38.0 Å². The van der Waals surface area contributed by atoms with E-state index in [1.54, 1.807) is 14.0 Å². The molecule has 25 heavy (non-hydrogen) atoms. The van der Waals surface area contributed by atoms with Crippen LogP contribution in [-0.4, -0.2) is 33.9 Å². The highest BCUT2D eigenvalue weighted by atomic mass is 16.5. The fourth-order valence-electron chi connectivity index (χ4n) is 2.95. The van der Waals surface area contributed by atoms with Crippen LogP contribution in [-0.2, 0) is 29.1 Å². The monoisotopic (exact) mass is 344 g/mol. The summed E-state index contributed by atoms with van der Waals surface area (Å²) in [6.07, 6.45) is 1.47. The van der Waals surface area contributed by atoms with E-state index in [-0.39, 0.29) is 11.9 Å². The van der Waals surface area contributed by atoms with E-state index < -0.39 is 6.10 Å². The largest absolute Gasteiger partial charge is 0.497 e. The normalized spacial score (nSPS) is 15.5. The quantitative estimate of drug-likeness (QED) is 0.831. The molecule has 1 aliphatic heterocycles. The van der Waals surface area contributed by atoms with E-state index in [9.17, 15) is 4.79 Å². The van der Waals surface area contributed by atoms with E-state index in [0.717, 1.165) is 42.3 Å². The van der Waals surface area contributed by atoms with Crippen LogP contribution in [0.15, 0.2) is 24.3 Å². The number of aromatic nitrogens is 3. The fraction of sp³-hybridized carbons (Fsp3) is 0.500. The number of ether oxygens (including phenoxy) is 2. The number of carbonyl (C=O) groups is 1. The SMILES string of the molecule is COc1cccc(CO[C@H](C)C(=O)N[C@H](C)c2nnc3n2CCC3)c1. The lowest BCUT2D eigenvalue weighted by Crippen LogP contribution is -2.37. The van der Waals surface area contributed by atoms with Gasteiger partial charge in [0.15, 0.2) is 5.82 Å². The molecule has 134 valence electrons. The zero-order valence-corrected chi connectivity index (χ0v) is 14.9. The highest BCUT2D eigenvalue weighted by molar-refractivity contribution is 5.80. The molecule has 2 heterocycles. The molecule has 3 rings (SSSR count). The van der Waals surface area contributed by atoms with Crippen molar-refractivity contribution < 1.29 is 14.3 Å². The van der Waals surface area contributed by atoms with Crippen LogP contribution in [0.2, 0.25) is 0 Å². The summed E-state index contributed by atoms with van der Waals surface area (Å²) in [5, 5.41) is 11.3. The smallest absolute Gasteiger partial charge is 0.249 e. The molecule has 0 spiro atoms. The first-order valence-electron chi connectivity index (χ1n) is 8.55. The van der Waals surface area contributed by atoms with Gasteiger partial charge in [0.2, 0.25) is 5.91 Å². The number of nitrogens with zero attached hydrogens (tertiary/aromatic N) is 3. The molecule has 2 atom stereocenters. The van der Waals surface area contributed by atoms with Gasteiger partial charge in [-0.2, -0.15) is 0 Å². The molecule has 0 saturated heterocycles. The Morgan fingerprint density at radius 2 is 2.20 bits per heavy atom. The number of aryl methyl sites for hydroxylation is 1. The van der Waals surface area contributed by atoms with E-state index in [1.807, 2.05) is 31.2 Å². The summed E-state index contributed by atoms with van der Waals surface area (Å²) in [6.45, 7) is 4.93. The molecule has 0 unspecified atom stereocenters. The second kappa shape index (κ2) is 7.65. The number of nitrogens with one attached hydrogen (secondary N) is 1. The van der Waals surface area contributed by atoms with Crippen molar-refractivity contribution >= 4 is 5.91 Å². The van der Waals surface area contributed by atoms with Crippen molar-refractivity contribution in [3.05, 3.63) is 41.5 Å². The molecule has 0 saturated carbocycles. The Morgan fingerprint density at radius 3 is 3.00 bits per heavy atom. The van der Waals surface area contributed by atoms with Crippen LogP contribution in [0.5, 0.6) is 5.75 Å². The van der Waals surface area contributed by atoms with Gasteiger partial charge in [-0.25, -0.2) is 0 Å². The summed E-state index contributed by atoms with van der Waals surface area (Å²) < 4.78 is 13.0. The van der Waals surface area contributed by atoms with Crippen LogP contribution < -0.4 is 10.1 Å². The lowest BCUT2D eigenvalue weighted by Gasteiger charge is -2.18. The van der Waals surface area contributed by atoms with Crippen molar-refractivity contribution in [2.75, 3.05) is 7.11 Å². The average molecular weight is 344 g/mol. The van der Waals surface area contributed by atoms with E-state index in [2.05, 4.69) is 20.1 Å². The van der Waals surface area contributed by atoms with Gasteiger partial charge in [0, 0.05) is 13.0 Å². The van der Waals surface area contributed by atoms with Gasteiger partial charge >= 0.3 is 0 Å². The van der Waals surface area contributed by atoms with Crippen LogP contribution in [0.4, 0.5) is 0 Å². The number of hydrogen-bond donors (Lipinski definition) is 1. The third-order valence-electron chi connectivity index (χ3n) is 4.39. The molecular formula is C18H24N4O3. The first kappa shape index (κ1) is 17.4. The van der Waals surface area contributed by atoms with Gasteiger partial charge in [0.1, 0.15) is 17.7 Å². The average Bonchev–Trinajstić information content (AvgIpc) is 3.23. The Morgan fingerprint density at radius 1 is 1.36 bits per heavy atom. The van der Waals surface area contributed by atoms with Crippen LogP contribution in [0, 0.1) is 0 Å². The van der Waals surface area contributed by atoms with E-state index in [0.29, 0.717) is 6.61 Å². The minimum absolute atomic E-state index is 0.161. The number of rotatable bonds is 7.